The number of benzene rings is 1. The Balaban J connectivity index is 1.25. The highest BCUT2D eigenvalue weighted by Crippen LogP contribution is 2.30. The van der Waals surface area contributed by atoms with Gasteiger partial charge in [-0.3, -0.25) is 9.59 Å². The number of carbonyl (C=O) groups excluding carboxylic acids is 2. The molecule has 2 aliphatic rings. The summed E-state index contributed by atoms with van der Waals surface area (Å²) in [4.78, 5) is 42.1. The van der Waals surface area contributed by atoms with Gasteiger partial charge in [0.05, 0.1) is 22.0 Å². The monoisotopic (exact) mass is 437 g/mol. The predicted molar refractivity (Wildman–Crippen MR) is 118 cm³/mol. The van der Waals surface area contributed by atoms with Gasteiger partial charge in [0.15, 0.2) is 5.65 Å². The lowest BCUT2D eigenvalue weighted by molar-refractivity contribution is -0.135. The molecule has 0 bridgehead atoms. The Bertz CT molecular complexity index is 1100. The van der Waals surface area contributed by atoms with E-state index in [4.69, 9.17) is 11.6 Å². The maximum atomic E-state index is 13.2. The van der Waals surface area contributed by atoms with Crippen LogP contribution in [-0.4, -0.2) is 62.7 Å². The van der Waals surface area contributed by atoms with Crippen molar-refractivity contribution in [2.75, 3.05) is 26.2 Å². The summed E-state index contributed by atoms with van der Waals surface area (Å²) in [6.45, 7) is 2.46. The number of fused-ring (bicyclic) bond motifs is 1. The highest BCUT2D eigenvalue weighted by atomic mass is 35.5. The zero-order chi connectivity index (χ0) is 21.4. The summed E-state index contributed by atoms with van der Waals surface area (Å²) in [6, 6.07) is 10.9. The number of hydrogen-bond acceptors (Lipinski definition) is 4. The van der Waals surface area contributed by atoms with Crippen LogP contribution < -0.4 is 0 Å². The highest BCUT2D eigenvalue weighted by Gasteiger charge is 2.36. The van der Waals surface area contributed by atoms with Gasteiger partial charge in [-0.2, -0.15) is 0 Å². The third-order valence-electron chi connectivity index (χ3n) is 6.32. The summed E-state index contributed by atoms with van der Waals surface area (Å²) >= 11 is 6.21. The molecule has 31 heavy (non-hydrogen) atoms. The molecule has 8 heteroatoms. The van der Waals surface area contributed by atoms with Crippen molar-refractivity contribution in [3.8, 4) is 0 Å². The van der Waals surface area contributed by atoms with E-state index in [0.717, 1.165) is 30.6 Å². The van der Waals surface area contributed by atoms with Crippen LogP contribution in [0.3, 0.4) is 0 Å². The van der Waals surface area contributed by atoms with Gasteiger partial charge in [0, 0.05) is 38.3 Å². The average Bonchev–Trinajstić information content (AvgIpc) is 3.46. The second-order valence-electron chi connectivity index (χ2n) is 8.34. The van der Waals surface area contributed by atoms with E-state index in [1.165, 1.54) is 0 Å². The summed E-state index contributed by atoms with van der Waals surface area (Å²) < 4.78 is 0. The van der Waals surface area contributed by atoms with Gasteiger partial charge in [-0.05, 0) is 43.5 Å². The topological polar surface area (TPSA) is 82.2 Å². The standard InChI is InChI=1S/C23H24ClN5O2/c24-18-7-2-1-6-17(18)23(31)28-11-4-5-16(14-28)22(30)29-12-9-15(13-29)20-26-19-8-3-10-25-21(19)27-20/h1-3,6-8,10,15-16H,4-5,9,11-14H2,(H,25,26,27). The molecule has 160 valence electrons. The fraction of sp³-hybridized carbons (Fsp3) is 0.391. The lowest BCUT2D eigenvalue weighted by atomic mass is 9.96. The van der Waals surface area contributed by atoms with Crippen molar-refractivity contribution >= 4 is 34.6 Å². The Morgan fingerprint density at radius 2 is 1.90 bits per heavy atom. The summed E-state index contributed by atoms with van der Waals surface area (Å²) in [5.41, 5.74) is 2.13. The molecule has 2 atom stereocenters. The van der Waals surface area contributed by atoms with E-state index in [-0.39, 0.29) is 23.7 Å². The number of hydrogen-bond donors (Lipinski definition) is 1. The van der Waals surface area contributed by atoms with E-state index in [9.17, 15) is 9.59 Å². The van der Waals surface area contributed by atoms with Crippen molar-refractivity contribution in [2.45, 2.75) is 25.2 Å². The number of carbonyl (C=O) groups is 2. The number of halogens is 1. The van der Waals surface area contributed by atoms with Crippen molar-refractivity contribution in [2.24, 2.45) is 5.92 Å². The Hall–Kier alpha value is -2.93. The molecule has 5 rings (SSSR count). The fourth-order valence-electron chi connectivity index (χ4n) is 4.67. The van der Waals surface area contributed by atoms with Crippen molar-refractivity contribution in [3.05, 3.63) is 59.0 Å². The maximum absolute atomic E-state index is 13.2. The Morgan fingerprint density at radius 1 is 1.03 bits per heavy atom. The van der Waals surface area contributed by atoms with Gasteiger partial charge in [0.25, 0.3) is 5.91 Å². The molecule has 0 saturated carbocycles. The smallest absolute Gasteiger partial charge is 0.255 e. The number of amides is 2. The van der Waals surface area contributed by atoms with Crippen LogP contribution >= 0.6 is 11.6 Å². The number of pyridine rings is 1. The second-order valence-corrected chi connectivity index (χ2v) is 8.74. The first-order chi connectivity index (χ1) is 15.1. The van der Waals surface area contributed by atoms with Crippen LogP contribution in [0.25, 0.3) is 11.2 Å². The Labute approximate surface area is 185 Å². The predicted octanol–water partition coefficient (Wildman–Crippen LogP) is 3.48. The zero-order valence-corrected chi connectivity index (χ0v) is 17.9. The van der Waals surface area contributed by atoms with Crippen molar-refractivity contribution in [1.82, 2.24) is 24.8 Å². The molecule has 0 aliphatic carbocycles. The third-order valence-corrected chi connectivity index (χ3v) is 6.65. The van der Waals surface area contributed by atoms with Crippen LogP contribution in [0.5, 0.6) is 0 Å². The fourth-order valence-corrected chi connectivity index (χ4v) is 4.88. The number of H-pyrrole nitrogens is 1. The van der Waals surface area contributed by atoms with E-state index >= 15 is 0 Å². The SMILES string of the molecule is O=C(c1ccccc1Cl)N1CCCC(C(=O)N2CCC(c3nc4ncccc4[nH]3)C2)C1. The average molecular weight is 438 g/mol. The molecule has 3 aromatic rings. The zero-order valence-electron chi connectivity index (χ0n) is 17.1. The van der Waals surface area contributed by atoms with E-state index < -0.39 is 0 Å². The van der Waals surface area contributed by atoms with Crippen molar-refractivity contribution in [1.29, 1.82) is 0 Å². The molecule has 0 spiro atoms. The Kier molecular flexibility index (Phi) is 5.36. The first kappa shape index (κ1) is 20.0. The van der Waals surface area contributed by atoms with Gasteiger partial charge in [0.1, 0.15) is 5.82 Å². The van der Waals surface area contributed by atoms with Crippen molar-refractivity contribution in [3.63, 3.8) is 0 Å². The van der Waals surface area contributed by atoms with Gasteiger partial charge in [0.2, 0.25) is 5.91 Å². The molecule has 2 saturated heterocycles. The molecule has 1 aromatic carbocycles. The van der Waals surface area contributed by atoms with Crippen LogP contribution in [0.1, 0.15) is 41.4 Å². The van der Waals surface area contributed by atoms with Gasteiger partial charge >= 0.3 is 0 Å². The summed E-state index contributed by atoms with van der Waals surface area (Å²) in [5.74, 6) is 0.938. The highest BCUT2D eigenvalue weighted by molar-refractivity contribution is 6.33. The molecule has 0 radical (unpaired) electrons. The van der Waals surface area contributed by atoms with Crippen molar-refractivity contribution < 1.29 is 9.59 Å². The molecular formula is C23H24ClN5O2. The van der Waals surface area contributed by atoms with Gasteiger partial charge in [-0.15, -0.1) is 0 Å². The number of aromatic amines is 1. The quantitative estimate of drug-likeness (QED) is 0.680. The van der Waals surface area contributed by atoms with Gasteiger partial charge in [-0.1, -0.05) is 23.7 Å². The number of piperidine rings is 1. The number of nitrogens with zero attached hydrogens (tertiary/aromatic N) is 4. The van der Waals surface area contributed by atoms with E-state index in [1.807, 2.05) is 29.2 Å². The summed E-state index contributed by atoms with van der Waals surface area (Å²) in [5, 5.41) is 0.448. The lowest BCUT2D eigenvalue weighted by Crippen LogP contribution is -2.46. The second kappa shape index (κ2) is 8.30. The van der Waals surface area contributed by atoms with Crippen LogP contribution in [0.4, 0.5) is 0 Å². The Morgan fingerprint density at radius 3 is 2.74 bits per heavy atom. The number of likely N-dealkylation sites (tertiary alicyclic amines) is 2. The molecule has 2 unspecified atom stereocenters. The van der Waals surface area contributed by atoms with Crippen LogP contribution in [0, 0.1) is 5.92 Å². The molecule has 7 nitrogen and oxygen atoms in total. The minimum absolute atomic E-state index is 0.0998. The number of imidazole rings is 1. The van der Waals surface area contributed by atoms with Gasteiger partial charge < -0.3 is 14.8 Å². The molecule has 4 heterocycles. The minimum Gasteiger partial charge on any atom is -0.342 e. The number of aromatic nitrogens is 3. The van der Waals surface area contributed by atoms with E-state index in [1.54, 1.807) is 23.2 Å². The third kappa shape index (κ3) is 3.90. The number of rotatable bonds is 3. The first-order valence-electron chi connectivity index (χ1n) is 10.7. The van der Waals surface area contributed by atoms with E-state index in [0.29, 0.717) is 42.4 Å². The summed E-state index contributed by atoms with van der Waals surface area (Å²) in [7, 11) is 0. The molecule has 2 amide bonds. The van der Waals surface area contributed by atoms with Crippen LogP contribution in [-0.2, 0) is 4.79 Å². The maximum Gasteiger partial charge on any atom is 0.255 e. The molecule has 2 fully saturated rings. The number of nitrogens with one attached hydrogen (secondary N) is 1. The first-order valence-corrected chi connectivity index (χ1v) is 11.1. The van der Waals surface area contributed by atoms with Crippen LogP contribution in [0.15, 0.2) is 42.6 Å². The largest absolute Gasteiger partial charge is 0.342 e. The molecule has 2 aromatic heterocycles. The van der Waals surface area contributed by atoms with E-state index in [2.05, 4.69) is 15.0 Å². The lowest BCUT2D eigenvalue weighted by Gasteiger charge is -2.34. The minimum atomic E-state index is -0.170. The summed E-state index contributed by atoms with van der Waals surface area (Å²) in [6.07, 6.45) is 4.23. The normalized spacial score (nSPS) is 21.6. The van der Waals surface area contributed by atoms with Crippen LogP contribution in [0.2, 0.25) is 5.02 Å². The van der Waals surface area contributed by atoms with Gasteiger partial charge in [-0.25, -0.2) is 9.97 Å². The molecule has 2 aliphatic heterocycles. The molecular weight excluding hydrogens is 414 g/mol. The molecule has 1 N–H and O–H groups in total.